The van der Waals surface area contributed by atoms with Crippen molar-refractivity contribution in [3.8, 4) is 0 Å². The van der Waals surface area contributed by atoms with E-state index < -0.39 is 47.3 Å². The van der Waals surface area contributed by atoms with Crippen LogP contribution in [0.1, 0.15) is 20.8 Å². The zero-order chi connectivity index (χ0) is 21.4. The van der Waals surface area contributed by atoms with Crippen molar-refractivity contribution >= 4 is 54.7 Å². The standard InChI is InChI=1S/C19H21NO7SSe/c1-11(21)24-9-15-16(25-12(2)22)17(26-13(3)23)18(19(27-15)20-10-28)29-14-7-5-4-6-8-14/h4-8,15-19H,9H2,1-3H3/t15-,16-,17+,18+,19+/m1/s1. The van der Waals surface area contributed by atoms with Gasteiger partial charge >= 0.3 is 180 Å². The SMILES string of the molecule is CC(=O)OC[C@H]1O[C@H](N=C=S)[C@@H]([Se]c2ccccc2)[C@@H](OC(C)=O)[C@@H]1OC(C)=O. The van der Waals surface area contributed by atoms with Gasteiger partial charge in [0.05, 0.1) is 0 Å². The van der Waals surface area contributed by atoms with Crippen molar-refractivity contribution in [3.05, 3.63) is 30.3 Å². The summed E-state index contributed by atoms with van der Waals surface area (Å²) < 4.78 is 23.0. The summed E-state index contributed by atoms with van der Waals surface area (Å²) in [5.41, 5.74) is 0. The van der Waals surface area contributed by atoms with E-state index >= 15 is 0 Å². The molecule has 1 aliphatic rings. The first-order valence-electron chi connectivity index (χ1n) is 8.73. The molecule has 156 valence electrons. The summed E-state index contributed by atoms with van der Waals surface area (Å²) in [5.74, 6) is -1.64. The maximum absolute atomic E-state index is 11.8. The van der Waals surface area contributed by atoms with Crippen molar-refractivity contribution in [3.63, 3.8) is 0 Å². The van der Waals surface area contributed by atoms with Gasteiger partial charge in [-0.1, -0.05) is 0 Å². The van der Waals surface area contributed by atoms with E-state index in [1.807, 2.05) is 30.3 Å². The molecule has 10 heteroatoms. The predicted molar refractivity (Wildman–Crippen MR) is 107 cm³/mol. The molecule has 0 aliphatic carbocycles. The van der Waals surface area contributed by atoms with E-state index in [4.69, 9.17) is 31.2 Å². The van der Waals surface area contributed by atoms with Gasteiger partial charge < -0.3 is 0 Å². The summed E-state index contributed by atoms with van der Waals surface area (Å²) in [6.07, 6.45) is -3.51. The maximum atomic E-state index is 11.8. The molecular weight excluding hydrogens is 465 g/mol. The van der Waals surface area contributed by atoms with Gasteiger partial charge in [-0.2, -0.15) is 0 Å². The first-order chi connectivity index (χ1) is 13.8. The van der Waals surface area contributed by atoms with Gasteiger partial charge in [0, 0.05) is 0 Å². The van der Waals surface area contributed by atoms with Crippen LogP contribution >= 0.6 is 12.2 Å². The number of rotatable bonds is 7. The van der Waals surface area contributed by atoms with Crippen LogP contribution in [-0.4, -0.2) is 69.2 Å². The van der Waals surface area contributed by atoms with E-state index in [2.05, 4.69) is 10.2 Å². The first kappa shape index (κ1) is 23.2. The summed E-state index contributed by atoms with van der Waals surface area (Å²) >= 11 is 4.48. The molecule has 0 bridgehead atoms. The number of isothiocyanates is 1. The molecule has 1 fully saturated rings. The van der Waals surface area contributed by atoms with Crippen LogP contribution < -0.4 is 4.46 Å². The second kappa shape index (κ2) is 11.2. The molecule has 0 unspecified atom stereocenters. The summed E-state index contributed by atoms with van der Waals surface area (Å²) in [6.45, 7) is 3.57. The first-order valence-corrected chi connectivity index (χ1v) is 11.0. The fraction of sp³-hybridized carbons (Fsp3) is 0.474. The molecular formula is C19H21NO7SSe. The molecule has 0 radical (unpaired) electrons. The van der Waals surface area contributed by atoms with Crippen LogP contribution in [-0.2, 0) is 33.3 Å². The molecule has 1 aromatic carbocycles. The molecule has 0 spiro atoms. The Morgan fingerprint density at radius 2 is 1.69 bits per heavy atom. The quantitative estimate of drug-likeness (QED) is 0.186. The molecule has 1 saturated heterocycles. The molecule has 1 aromatic rings. The molecule has 8 nitrogen and oxygen atoms in total. The normalized spacial score (nSPS) is 26.0. The topological polar surface area (TPSA) is 100 Å². The van der Waals surface area contributed by atoms with Crippen LogP contribution in [0.4, 0.5) is 0 Å². The van der Waals surface area contributed by atoms with Crippen molar-refractivity contribution in [1.29, 1.82) is 0 Å². The fourth-order valence-electron chi connectivity index (χ4n) is 2.83. The molecule has 5 atom stereocenters. The molecule has 0 saturated carbocycles. The summed E-state index contributed by atoms with van der Waals surface area (Å²) in [5, 5.41) is 2.31. The number of nitrogens with zero attached hydrogens (tertiary/aromatic N) is 1. The van der Waals surface area contributed by atoms with E-state index in [9.17, 15) is 14.4 Å². The number of benzene rings is 1. The Morgan fingerprint density at radius 3 is 2.24 bits per heavy atom. The Morgan fingerprint density at radius 1 is 1.07 bits per heavy atom. The second-order valence-electron chi connectivity index (χ2n) is 6.13. The van der Waals surface area contributed by atoms with Crippen molar-refractivity contribution in [2.75, 3.05) is 6.61 Å². The van der Waals surface area contributed by atoms with Gasteiger partial charge in [0.15, 0.2) is 0 Å². The van der Waals surface area contributed by atoms with E-state index in [0.717, 1.165) is 4.46 Å². The number of carbonyl (C=O) groups is 3. The van der Waals surface area contributed by atoms with Gasteiger partial charge in [0.25, 0.3) is 0 Å². The van der Waals surface area contributed by atoms with Crippen molar-refractivity contribution < 1.29 is 33.3 Å². The Bertz CT molecular complexity index is 784. The number of aliphatic imine (C=N–C) groups is 1. The Labute approximate surface area is 180 Å². The number of esters is 3. The Kier molecular flexibility index (Phi) is 8.95. The van der Waals surface area contributed by atoms with Gasteiger partial charge in [-0.25, -0.2) is 0 Å². The number of carbonyl (C=O) groups excluding carboxylic acids is 3. The summed E-state index contributed by atoms with van der Waals surface area (Å²) in [7, 11) is 0. The van der Waals surface area contributed by atoms with Crippen LogP contribution in [0.2, 0.25) is 4.82 Å². The zero-order valence-electron chi connectivity index (χ0n) is 16.1. The zero-order valence-corrected chi connectivity index (χ0v) is 18.6. The number of hydrogen-bond acceptors (Lipinski definition) is 9. The third kappa shape index (κ3) is 7.03. The minimum absolute atomic E-state index is 0.195. The number of thiocarbonyl (C=S) groups is 1. The van der Waals surface area contributed by atoms with Crippen LogP contribution in [0.3, 0.4) is 0 Å². The van der Waals surface area contributed by atoms with Crippen LogP contribution in [0.15, 0.2) is 35.3 Å². The van der Waals surface area contributed by atoms with Crippen molar-refractivity contribution in [2.24, 2.45) is 4.99 Å². The summed E-state index contributed by atoms with van der Waals surface area (Å²) in [6, 6.07) is 9.56. The molecule has 0 N–H and O–H groups in total. The van der Waals surface area contributed by atoms with Crippen molar-refractivity contribution in [2.45, 2.75) is 50.1 Å². The van der Waals surface area contributed by atoms with Crippen LogP contribution in [0, 0.1) is 0 Å². The monoisotopic (exact) mass is 487 g/mol. The van der Waals surface area contributed by atoms with Gasteiger partial charge in [-0.15, -0.1) is 0 Å². The van der Waals surface area contributed by atoms with Crippen LogP contribution in [0.5, 0.6) is 0 Å². The third-order valence-electron chi connectivity index (χ3n) is 3.86. The molecule has 2 rings (SSSR count). The molecule has 29 heavy (non-hydrogen) atoms. The molecule has 0 aromatic heterocycles. The van der Waals surface area contributed by atoms with E-state index in [0.29, 0.717) is 0 Å². The Balaban J connectivity index is 2.43. The van der Waals surface area contributed by atoms with Crippen molar-refractivity contribution in [1.82, 2.24) is 0 Å². The average Bonchev–Trinajstić information content (AvgIpc) is 2.65. The summed E-state index contributed by atoms with van der Waals surface area (Å²) in [4.78, 5) is 38.5. The second-order valence-corrected chi connectivity index (χ2v) is 8.94. The van der Waals surface area contributed by atoms with Gasteiger partial charge in [0.2, 0.25) is 0 Å². The van der Waals surface area contributed by atoms with E-state index in [1.165, 1.54) is 20.8 Å². The van der Waals surface area contributed by atoms with E-state index in [1.54, 1.807) is 0 Å². The third-order valence-corrected chi connectivity index (χ3v) is 6.73. The predicted octanol–water partition coefficient (Wildman–Crippen LogP) is 1.06. The average molecular weight is 486 g/mol. The molecule has 0 amide bonds. The number of hydrogen-bond donors (Lipinski definition) is 0. The van der Waals surface area contributed by atoms with Gasteiger partial charge in [-0.05, 0) is 0 Å². The molecule has 1 aliphatic heterocycles. The fourth-order valence-corrected chi connectivity index (χ4v) is 5.48. The Hall–Kier alpha value is -2.09. The van der Waals surface area contributed by atoms with E-state index in [-0.39, 0.29) is 21.6 Å². The van der Waals surface area contributed by atoms with Crippen LogP contribution in [0.25, 0.3) is 0 Å². The van der Waals surface area contributed by atoms with Gasteiger partial charge in [-0.3, -0.25) is 0 Å². The van der Waals surface area contributed by atoms with Gasteiger partial charge in [0.1, 0.15) is 0 Å². The minimum atomic E-state index is -0.970. The number of ether oxygens (including phenoxy) is 4. The molecule has 1 heterocycles.